The van der Waals surface area contributed by atoms with Crippen LogP contribution in [0.1, 0.15) is 53.4 Å². The molecule has 1 atom stereocenters. The van der Waals surface area contributed by atoms with E-state index < -0.39 is 18.0 Å². The average molecular weight is 659 g/mol. The van der Waals surface area contributed by atoms with E-state index in [1.54, 1.807) is 61.7 Å². The van der Waals surface area contributed by atoms with E-state index in [0.717, 1.165) is 10.4 Å². The number of carbonyl (C=O) groups excluding carboxylic acids is 2. The number of hydrogen-bond acceptors (Lipinski definition) is 9. The Morgan fingerprint density at radius 3 is 2.58 bits per heavy atom. The van der Waals surface area contributed by atoms with Crippen LogP contribution in [0.5, 0.6) is 0 Å². The summed E-state index contributed by atoms with van der Waals surface area (Å²) in [7, 11) is 0. The third-order valence-electron chi connectivity index (χ3n) is 6.90. The normalized spacial score (nSPS) is 14.8. The average Bonchev–Trinajstić information content (AvgIpc) is 3.78. The lowest BCUT2D eigenvalue weighted by Crippen LogP contribution is -2.39. The second kappa shape index (κ2) is 12.8. The van der Waals surface area contributed by atoms with Crippen LogP contribution >= 0.6 is 34.3 Å². The number of esters is 2. The largest absolute Gasteiger partial charge is 0.463 e. The van der Waals surface area contributed by atoms with Gasteiger partial charge in [0.15, 0.2) is 4.80 Å². The van der Waals surface area contributed by atoms with Gasteiger partial charge in [-0.25, -0.2) is 14.6 Å². The van der Waals surface area contributed by atoms with Gasteiger partial charge in [0.2, 0.25) is 0 Å². The minimum atomic E-state index is -0.731. The molecule has 0 fully saturated rings. The van der Waals surface area contributed by atoms with Gasteiger partial charge in [-0.1, -0.05) is 59.3 Å². The first-order valence-electron chi connectivity index (χ1n) is 14.2. The molecule has 228 valence electrons. The first-order chi connectivity index (χ1) is 21.7. The second-order valence-corrected chi connectivity index (χ2v) is 12.7. The first kappa shape index (κ1) is 30.5. The van der Waals surface area contributed by atoms with Crippen molar-refractivity contribution in [3.05, 3.63) is 130 Å². The van der Waals surface area contributed by atoms with Crippen molar-refractivity contribution in [1.82, 2.24) is 4.57 Å². The van der Waals surface area contributed by atoms with E-state index in [1.165, 1.54) is 22.7 Å². The molecule has 8 nitrogen and oxygen atoms in total. The number of thiophene rings is 1. The molecule has 0 saturated carbocycles. The predicted octanol–water partition coefficient (Wildman–Crippen LogP) is 6.48. The summed E-state index contributed by atoms with van der Waals surface area (Å²) >= 11 is 8.91. The van der Waals surface area contributed by atoms with Crippen LogP contribution in [0.15, 0.2) is 98.0 Å². The maximum absolute atomic E-state index is 14.1. The molecule has 45 heavy (non-hydrogen) atoms. The van der Waals surface area contributed by atoms with Gasteiger partial charge in [-0.05, 0) is 62.5 Å². The summed E-state index contributed by atoms with van der Waals surface area (Å²) in [6.45, 7) is 5.47. The number of nitrogens with zero attached hydrogens (tertiary/aromatic N) is 2. The van der Waals surface area contributed by atoms with Crippen LogP contribution in [0.3, 0.4) is 0 Å². The number of aromatic nitrogens is 1. The van der Waals surface area contributed by atoms with Crippen molar-refractivity contribution >= 4 is 58.0 Å². The smallest absolute Gasteiger partial charge is 0.339 e. The van der Waals surface area contributed by atoms with Gasteiger partial charge in [-0.15, -0.1) is 11.3 Å². The number of thiazole rings is 1. The van der Waals surface area contributed by atoms with Crippen molar-refractivity contribution in [2.24, 2.45) is 4.99 Å². The van der Waals surface area contributed by atoms with Crippen LogP contribution in [0.25, 0.3) is 23.1 Å². The Hall–Kier alpha value is -4.51. The van der Waals surface area contributed by atoms with Crippen LogP contribution in [0.4, 0.5) is 0 Å². The Balaban J connectivity index is 1.49. The van der Waals surface area contributed by atoms with Crippen molar-refractivity contribution in [2.75, 3.05) is 6.61 Å². The van der Waals surface area contributed by atoms with Gasteiger partial charge in [0.1, 0.15) is 17.6 Å². The monoisotopic (exact) mass is 658 g/mol. The SMILES string of the molecule is CCOC(=O)C1=C(c2ccccc2)N=c2s/c(=C/c3ccc(-c4cc(Cl)ccc4C(=O)OC(C)C)o3)c(=O)n2[C@@H]1c1cccs1. The quantitative estimate of drug-likeness (QED) is 0.177. The number of furan rings is 1. The van der Waals surface area contributed by atoms with E-state index in [-0.39, 0.29) is 18.3 Å². The van der Waals surface area contributed by atoms with Crippen LogP contribution in [0.2, 0.25) is 5.02 Å². The van der Waals surface area contributed by atoms with E-state index in [2.05, 4.69) is 0 Å². The topological polar surface area (TPSA) is 100 Å². The standard InChI is InChI=1S/C34H27ClN2O6S2/c1-4-41-33(40)28-29(20-9-6-5-7-10-20)36-34-37(30(28)26-11-8-16-44-26)31(38)27(45-34)18-22-13-15-25(43-22)24-17-21(35)12-14-23(24)32(39)42-19(2)3/h5-19,30H,4H2,1-3H3/b27-18+/t30-/m1/s1. The Morgan fingerprint density at radius 2 is 1.87 bits per heavy atom. The molecule has 3 aromatic heterocycles. The highest BCUT2D eigenvalue weighted by Gasteiger charge is 2.35. The Labute approximate surface area is 271 Å². The Bertz CT molecular complexity index is 2110. The first-order valence-corrected chi connectivity index (χ1v) is 16.2. The van der Waals surface area contributed by atoms with Gasteiger partial charge in [0.25, 0.3) is 5.56 Å². The molecule has 0 radical (unpaired) electrons. The molecule has 1 aliphatic heterocycles. The molecule has 11 heteroatoms. The lowest BCUT2D eigenvalue weighted by atomic mass is 9.97. The summed E-state index contributed by atoms with van der Waals surface area (Å²) in [6.07, 6.45) is 1.33. The van der Waals surface area contributed by atoms with E-state index in [9.17, 15) is 14.4 Å². The fourth-order valence-corrected chi connectivity index (χ4v) is 7.01. The van der Waals surface area contributed by atoms with Crippen molar-refractivity contribution in [3.63, 3.8) is 0 Å². The zero-order valence-electron chi connectivity index (χ0n) is 24.5. The highest BCUT2D eigenvalue weighted by atomic mass is 35.5. The minimum Gasteiger partial charge on any atom is -0.463 e. The highest BCUT2D eigenvalue weighted by molar-refractivity contribution is 7.10. The summed E-state index contributed by atoms with van der Waals surface area (Å²) in [6, 6.07) is 20.7. The van der Waals surface area contributed by atoms with Gasteiger partial charge >= 0.3 is 11.9 Å². The zero-order chi connectivity index (χ0) is 31.7. The lowest BCUT2D eigenvalue weighted by Gasteiger charge is -2.24. The fourth-order valence-electron chi connectivity index (χ4n) is 5.04. The number of carbonyl (C=O) groups is 2. The second-order valence-electron chi connectivity index (χ2n) is 10.3. The number of benzene rings is 2. The summed E-state index contributed by atoms with van der Waals surface area (Å²) in [5.41, 5.74) is 1.95. The molecular weight excluding hydrogens is 632 g/mol. The van der Waals surface area contributed by atoms with Gasteiger partial charge in [-0.3, -0.25) is 9.36 Å². The molecule has 6 rings (SSSR count). The van der Waals surface area contributed by atoms with Crippen molar-refractivity contribution in [1.29, 1.82) is 0 Å². The number of halogens is 1. The van der Waals surface area contributed by atoms with Crippen LogP contribution in [-0.4, -0.2) is 29.2 Å². The van der Waals surface area contributed by atoms with Gasteiger partial charge in [-0.2, -0.15) is 0 Å². The Kier molecular flexibility index (Phi) is 8.71. The molecule has 0 N–H and O–H groups in total. The summed E-state index contributed by atoms with van der Waals surface area (Å²) in [5.74, 6) is -0.251. The molecule has 0 aliphatic carbocycles. The lowest BCUT2D eigenvalue weighted by molar-refractivity contribution is -0.138. The Morgan fingerprint density at radius 1 is 1.07 bits per heavy atom. The number of rotatable bonds is 8. The molecule has 0 spiro atoms. The molecule has 4 heterocycles. The summed E-state index contributed by atoms with van der Waals surface area (Å²) < 4.78 is 18.9. The van der Waals surface area contributed by atoms with Crippen molar-refractivity contribution < 1.29 is 23.5 Å². The molecule has 5 aromatic rings. The molecule has 0 amide bonds. The van der Waals surface area contributed by atoms with Crippen LogP contribution < -0.4 is 14.9 Å². The maximum atomic E-state index is 14.1. The molecule has 2 aromatic carbocycles. The third-order valence-corrected chi connectivity index (χ3v) is 9.04. The number of ether oxygens (including phenoxy) is 2. The van der Waals surface area contributed by atoms with Gasteiger partial charge in [0.05, 0.1) is 34.1 Å². The maximum Gasteiger partial charge on any atom is 0.339 e. The number of fused-ring (bicyclic) bond motifs is 1. The van der Waals surface area contributed by atoms with E-state index in [1.807, 2.05) is 47.8 Å². The minimum absolute atomic E-state index is 0.177. The predicted molar refractivity (Wildman–Crippen MR) is 175 cm³/mol. The summed E-state index contributed by atoms with van der Waals surface area (Å²) in [5, 5.41) is 2.33. The van der Waals surface area contributed by atoms with E-state index in [4.69, 9.17) is 30.5 Å². The zero-order valence-corrected chi connectivity index (χ0v) is 26.9. The molecule has 0 bridgehead atoms. The van der Waals surface area contributed by atoms with E-state index in [0.29, 0.717) is 48.3 Å². The van der Waals surface area contributed by atoms with Gasteiger partial charge < -0.3 is 13.9 Å². The number of hydrogen-bond donors (Lipinski definition) is 0. The highest BCUT2D eigenvalue weighted by Crippen LogP contribution is 2.37. The van der Waals surface area contributed by atoms with E-state index >= 15 is 0 Å². The van der Waals surface area contributed by atoms with Crippen LogP contribution in [0, 0.1) is 0 Å². The van der Waals surface area contributed by atoms with Crippen molar-refractivity contribution in [2.45, 2.75) is 32.9 Å². The molecule has 1 aliphatic rings. The molecular formula is C34H27ClN2O6S2. The molecule has 0 unspecified atom stereocenters. The van der Waals surface area contributed by atoms with Crippen LogP contribution in [-0.2, 0) is 14.3 Å². The summed E-state index contributed by atoms with van der Waals surface area (Å²) in [4.78, 5) is 46.4. The van der Waals surface area contributed by atoms with Gasteiger partial charge in [0, 0.05) is 27.1 Å². The fraction of sp³-hybridized carbons (Fsp3) is 0.176. The molecule has 0 saturated heterocycles. The third kappa shape index (κ3) is 6.09. The van der Waals surface area contributed by atoms with Crippen molar-refractivity contribution in [3.8, 4) is 11.3 Å².